The molecule has 2 amide bonds. The maximum atomic E-state index is 11.7. The molecule has 1 rings (SSSR count). The van der Waals surface area contributed by atoms with Gasteiger partial charge in [0, 0.05) is 19.8 Å². The van der Waals surface area contributed by atoms with Crippen LogP contribution in [0.3, 0.4) is 0 Å². The summed E-state index contributed by atoms with van der Waals surface area (Å²) < 4.78 is 11.1. The van der Waals surface area contributed by atoms with Crippen molar-refractivity contribution in [3.63, 3.8) is 0 Å². The van der Waals surface area contributed by atoms with Crippen LogP contribution in [0.1, 0.15) is 42.9 Å². The summed E-state index contributed by atoms with van der Waals surface area (Å²) in [6.45, 7) is 10.4. The smallest absolute Gasteiger partial charge is 0.317 e. The number of benzene rings is 1. The van der Waals surface area contributed by atoms with Crippen LogP contribution in [0.2, 0.25) is 0 Å². The molecular weight excluding hydrogens is 292 g/mol. The Balaban J connectivity index is 2.16. The zero-order valence-electron chi connectivity index (χ0n) is 14.8. The van der Waals surface area contributed by atoms with Crippen molar-refractivity contribution in [2.45, 2.75) is 47.0 Å². The number of hydrogen-bond donors (Lipinski definition) is 2. The van der Waals surface area contributed by atoms with Crippen LogP contribution in [-0.2, 0) is 4.74 Å². The van der Waals surface area contributed by atoms with Gasteiger partial charge < -0.3 is 20.1 Å². The lowest BCUT2D eigenvalue weighted by Crippen LogP contribution is -2.38. The van der Waals surface area contributed by atoms with E-state index >= 15 is 0 Å². The third-order valence-corrected chi connectivity index (χ3v) is 3.72. The highest BCUT2D eigenvalue weighted by molar-refractivity contribution is 5.73. The Labute approximate surface area is 139 Å². The van der Waals surface area contributed by atoms with Gasteiger partial charge in [0.05, 0.1) is 0 Å². The van der Waals surface area contributed by atoms with Crippen molar-refractivity contribution in [2.75, 3.05) is 26.5 Å². The topological polar surface area (TPSA) is 59.6 Å². The van der Waals surface area contributed by atoms with Gasteiger partial charge in [-0.25, -0.2) is 4.79 Å². The molecule has 0 aliphatic carbocycles. The first-order valence-corrected chi connectivity index (χ1v) is 8.35. The fourth-order valence-electron chi connectivity index (χ4n) is 2.11. The van der Waals surface area contributed by atoms with Crippen molar-refractivity contribution in [1.29, 1.82) is 0 Å². The Kier molecular flexibility index (Phi) is 9.14. The van der Waals surface area contributed by atoms with E-state index in [9.17, 15) is 4.79 Å². The largest absolute Gasteiger partial charge is 0.473 e. The normalized spacial score (nSPS) is 10.4. The molecule has 0 aliphatic rings. The lowest BCUT2D eigenvalue weighted by atomic mass is 10.1. The van der Waals surface area contributed by atoms with E-state index in [1.54, 1.807) is 0 Å². The summed E-state index contributed by atoms with van der Waals surface area (Å²) >= 11 is 0. The first kappa shape index (κ1) is 19.3. The van der Waals surface area contributed by atoms with Gasteiger partial charge in [0.15, 0.2) is 6.73 Å². The van der Waals surface area contributed by atoms with Gasteiger partial charge in [-0.15, -0.1) is 0 Å². The molecule has 0 saturated carbocycles. The number of unbranched alkanes of at least 4 members (excludes halogenated alkanes) is 1. The van der Waals surface area contributed by atoms with Gasteiger partial charge in [-0.2, -0.15) is 0 Å². The number of hydrogen-bond acceptors (Lipinski definition) is 3. The summed E-state index contributed by atoms with van der Waals surface area (Å²) in [4.78, 5) is 11.7. The molecule has 0 fully saturated rings. The molecule has 130 valence electrons. The van der Waals surface area contributed by atoms with Crippen LogP contribution in [0, 0.1) is 20.8 Å². The molecular formula is C18H30N2O3. The Morgan fingerprint density at radius 1 is 1.04 bits per heavy atom. The summed E-state index contributed by atoms with van der Waals surface area (Å²) in [5.41, 5.74) is 3.36. The number of carbonyl (C=O) groups is 1. The maximum absolute atomic E-state index is 11.7. The summed E-state index contributed by atoms with van der Waals surface area (Å²) in [6, 6.07) is 3.87. The van der Waals surface area contributed by atoms with Crippen molar-refractivity contribution < 1.29 is 14.3 Å². The van der Waals surface area contributed by atoms with Crippen LogP contribution in [0.25, 0.3) is 0 Å². The van der Waals surface area contributed by atoms with Crippen molar-refractivity contribution in [1.82, 2.24) is 10.6 Å². The van der Waals surface area contributed by atoms with Gasteiger partial charge >= 0.3 is 6.03 Å². The first-order chi connectivity index (χ1) is 11.1. The van der Waals surface area contributed by atoms with E-state index in [2.05, 4.69) is 23.6 Å². The second-order valence-electron chi connectivity index (χ2n) is 5.69. The molecule has 0 aliphatic heterocycles. The van der Waals surface area contributed by atoms with Gasteiger partial charge in [-0.3, -0.25) is 0 Å². The van der Waals surface area contributed by atoms with Crippen LogP contribution in [0.15, 0.2) is 12.1 Å². The highest BCUT2D eigenvalue weighted by atomic mass is 16.5. The molecule has 23 heavy (non-hydrogen) atoms. The Morgan fingerprint density at radius 3 is 2.48 bits per heavy atom. The fourth-order valence-corrected chi connectivity index (χ4v) is 2.11. The van der Waals surface area contributed by atoms with E-state index in [1.807, 2.05) is 26.8 Å². The first-order valence-electron chi connectivity index (χ1n) is 8.35. The zero-order chi connectivity index (χ0) is 17.1. The standard InChI is InChI=1S/C18H30N2O3/c1-5-6-11-22-12-7-10-19-18(21)20-13-23-17-15(3)9-8-14(2)16(17)4/h8-9H,5-7,10-13H2,1-4H3,(H2,19,20,21). The van der Waals surface area contributed by atoms with Crippen LogP contribution < -0.4 is 15.4 Å². The van der Waals surface area contributed by atoms with Crippen molar-refractivity contribution in [3.8, 4) is 5.75 Å². The molecule has 2 N–H and O–H groups in total. The van der Waals surface area contributed by atoms with Gasteiger partial charge in [0.1, 0.15) is 5.75 Å². The van der Waals surface area contributed by atoms with Crippen molar-refractivity contribution >= 4 is 6.03 Å². The van der Waals surface area contributed by atoms with Gasteiger partial charge in [-0.05, 0) is 50.3 Å². The minimum absolute atomic E-state index is 0.157. The predicted octanol–water partition coefficient (Wildman–Crippen LogP) is 3.45. The molecule has 0 atom stereocenters. The molecule has 0 bridgehead atoms. The summed E-state index contributed by atoms with van der Waals surface area (Å²) in [5, 5.41) is 5.49. The molecule has 0 aromatic heterocycles. The quantitative estimate of drug-likeness (QED) is 0.512. The molecule has 0 unspecified atom stereocenters. The molecule has 5 heteroatoms. The third-order valence-electron chi connectivity index (χ3n) is 3.72. The van der Waals surface area contributed by atoms with Crippen LogP contribution in [0.4, 0.5) is 4.79 Å². The highest BCUT2D eigenvalue weighted by Gasteiger charge is 2.07. The van der Waals surface area contributed by atoms with E-state index in [0.29, 0.717) is 13.2 Å². The second-order valence-corrected chi connectivity index (χ2v) is 5.69. The van der Waals surface area contributed by atoms with Gasteiger partial charge in [0.25, 0.3) is 0 Å². The lowest BCUT2D eigenvalue weighted by molar-refractivity contribution is 0.129. The number of rotatable bonds is 10. The minimum atomic E-state index is -0.221. The number of amides is 2. The molecule has 0 heterocycles. The summed E-state index contributed by atoms with van der Waals surface area (Å²) in [5.74, 6) is 0.842. The summed E-state index contributed by atoms with van der Waals surface area (Å²) in [6.07, 6.45) is 3.04. The predicted molar refractivity (Wildman–Crippen MR) is 93.0 cm³/mol. The number of ether oxygens (including phenoxy) is 2. The molecule has 0 spiro atoms. The van der Waals surface area contributed by atoms with Crippen molar-refractivity contribution in [2.24, 2.45) is 0 Å². The van der Waals surface area contributed by atoms with Crippen LogP contribution in [0.5, 0.6) is 5.75 Å². The number of aryl methyl sites for hydroxylation is 2. The fraction of sp³-hybridized carbons (Fsp3) is 0.611. The molecule has 1 aromatic rings. The molecule has 0 saturated heterocycles. The van der Waals surface area contributed by atoms with Crippen molar-refractivity contribution in [3.05, 3.63) is 28.8 Å². The van der Waals surface area contributed by atoms with Gasteiger partial charge in [0.2, 0.25) is 0 Å². The second kappa shape index (κ2) is 10.9. The molecule has 5 nitrogen and oxygen atoms in total. The maximum Gasteiger partial charge on any atom is 0.317 e. The van der Waals surface area contributed by atoms with Crippen LogP contribution >= 0.6 is 0 Å². The average Bonchev–Trinajstić information content (AvgIpc) is 2.53. The molecule has 0 radical (unpaired) electrons. The Morgan fingerprint density at radius 2 is 1.74 bits per heavy atom. The van der Waals surface area contributed by atoms with Crippen LogP contribution in [-0.4, -0.2) is 32.5 Å². The summed E-state index contributed by atoms with van der Waals surface area (Å²) in [7, 11) is 0. The lowest BCUT2D eigenvalue weighted by Gasteiger charge is -2.14. The van der Waals surface area contributed by atoms with E-state index < -0.39 is 0 Å². The van der Waals surface area contributed by atoms with Gasteiger partial charge in [-0.1, -0.05) is 25.5 Å². The SMILES string of the molecule is CCCCOCCCNC(=O)NCOc1c(C)ccc(C)c1C. The highest BCUT2D eigenvalue weighted by Crippen LogP contribution is 2.25. The monoisotopic (exact) mass is 322 g/mol. The van der Waals surface area contributed by atoms with E-state index in [4.69, 9.17) is 9.47 Å². The average molecular weight is 322 g/mol. The third kappa shape index (κ3) is 7.37. The number of nitrogens with one attached hydrogen (secondary N) is 2. The van der Waals surface area contributed by atoms with E-state index in [0.717, 1.165) is 42.7 Å². The van der Waals surface area contributed by atoms with E-state index in [-0.39, 0.29) is 12.8 Å². The number of carbonyl (C=O) groups excluding carboxylic acids is 1. The zero-order valence-corrected chi connectivity index (χ0v) is 14.8. The Hall–Kier alpha value is -1.75. The Bertz CT molecular complexity index is 489. The minimum Gasteiger partial charge on any atom is -0.473 e. The molecule has 1 aromatic carbocycles. The van der Waals surface area contributed by atoms with E-state index in [1.165, 1.54) is 5.56 Å². The number of urea groups is 1.